The van der Waals surface area contributed by atoms with Crippen LogP contribution in [-0.2, 0) is 4.74 Å². The molecule has 0 aromatic heterocycles. The number of hydrogen-bond acceptors (Lipinski definition) is 3. The van der Waals surface area contributed by atoms with Crippen LogP contribution in [0, 0.1) is 0 Å². The van der Waals surface area contributed by atoms with Crippen LogP contribution in [0.5, 0.6) is 0 Å². The summed E-state index contributed by atoms with van der Waals surface area (Å²) in [6, 6.07) is -0.376. The molecule has 64 valence electrons. The van der Waals surface area contributed by atoms with Crippen molar-refractivity contribution in [3.05, 3.63) is 0 Å². The van der Waals surface area contributed by atoms with E-state index in [1.165, 1.54) is 0 Å². The van der Waals surface area contributed by atoms with Gasteiger partial charge in [0.05, 0.1) is 0 Å². The Balaban J connectivity index is 2.58. The van der Waals surface area contributed by atoms with Crippen molar-refractivity contribution in [1.29, 1.82) is 0 Å². The summed E-state index contributed by atoms with van der Waals surface area (Å²) in [5, 5.41) is 0. The predicted octanol–water partition coefficient (Wildman–Crippen LogP) is 0.652. The van der Waals surface area contributed by atoms with Crippen LogP contribution in [-0.4, -0.2) is 24.8 Å². The van der Waals surface area contributed by atoms with E-state index in [1.807, 2.05) is 0 Å². The number of amidine groups is 1. The zero-order valence-electron chi connectivity index (χ0n) is 5.56. The zero-order chi connectivity index (χ0) is 8.48. The minimum absolute atomic E-state index is 0.0794. The third kappa shape index (κ3) is 1.99. The smallest absolute Gasteiger partial charge is 0.425 e. The number of ether oxygens (including phenoxy) is 1. The van der Waals surface area contributed by atoms with Crippen molar-refractivity contribution >= 4 is 6.02 Å². The molecule has 0 fully saturated rings. The fraction of sp³-hybridized carbons (Fsp3) is 0.800. The topological polar surface area (TPSA) is 47.6 Å². The Bertz CT molecular complexity index is 177. The molecule has 2 N–H and O–H groups in total. The molecule has 0 saturated heterocycles. The first-order valence-electron chi connectivity index (χ1n) is 3.03. The molecule has 1 aliphatic heterocycles. The van der Waals surface area contributed by atoms with Crippen LogP contribution in [0.1, 0.15) is 6.42 Å². The number of nitrogens with two attached hydrogens (primary N) is 1. The minimum Gasteiger partial charge on any atom is -0.452 e. The average Bonchev–Trinajstić information content (AvgIpc) is 1.86. The fourth-order valence-electron chi connectivity index (χ4n) is 0.764. The number of alkyl halides is 3. The molecule has 0 aromatic rings. The summed E-state index contributed by atoms with van der Waals surface area (Å²) in [5.74, 6) is 0. The second-order valence-corrected chi connectivity index (χ2v) is 2.16. The molecular weight excluding hydrogens is 161 g/mol. The Morgan fingerprint density at radius 1 is 1.55 bits per heavy atom. The quantitative estimate of drug-likeness (QED) is 0.577. The van der Waals surface area contributed by atoms with Gasteiger partial charge in [-0.25, -0.2) is 4.99 Å². The predicted molar refractivity (Wildman–Crippen MR) is 32.0 cm³/mol. The molecule has 11 heavy (non-hydrogen) atoms. The first-order chi connectivity index (χ1) is 5.00. The zero-order valence-corrected chi connectivity index (χ0v) is 5.56. The van der Waals surface area contributed by atoms with Gasteiger partial charge in [0.15, 0.2) is 6.10 Å². The van der Waals surface area contributed by atoms with E-state index in [0.717, 1.165) is 0 Å². The molecule has 1 atom stereocenters. The monoisotopic (exact) mass is 168 g/mol. The highest BCUT2D eigenvalue weighted by molar-refractivity contribution is 5.72. The molecule has 0 amide bonds. The number of nitrogens with zero attached hydrogens (tertiary/aromatic N) is 1. The van der Waals surface area contributed by atoms with Crippen LogP contribution < -0.4 is 5.73 Å². The van der Waals surface area contributed by atoms with Crippen LogP contribution in [0.4, 0.5) is 13.2 Å². The van der Waals surface area contributed by atoms with E-state index in [1.54, 1.807) is 0 Å². The van der Waals surface area contributed by atoms with Crippen molar-refractivity contribution in [2.24, 2.45) is 10.7 Å². The van der Waals surface area contributed by atoms with Crippen molar-refractivity contribution in [1.82, 2.24) is 0 Å². The molecular formula is C5H7F3N2O. The van der Waals surface area contributed by atoms with Crippen molar-refractivity contribution < 1.29 is 17.9 Å². The van der Waals surface area contributed by atoms with E-state index in [9.17, 15) is 13.2 Å². The van der Waals surface area contributed by atoms with E-state index in [4.69, 9.17) is 5.73 Å². The van der Waals surface area contributed by atoms with Crippen LogP contribution in [0.15, 0.2) is 4.99 Å². The van der Waals surface area contributed by atoms with E-state index in [0.29, 0.717) is 0 Å². The molecule has 1 unspecified atom stereocenters. The van der Waals surface area contributed by atoms with Gasteiger partial charge in [-0.05, 0) is 0 Å². The van der Waals surface area contributed by atoms with Gasteiger partial charge in [0.2, 0.25) is 0 Å². The van der Waals surface area contributed by atoms with Crippen LogP contribution in [0.3, 0.4) is 0 Å². The third-order valence-electron chi connectivity index (χ3n) is 1.29. The van der Waals surface area contributed by atoms with Crippen LogP contribution in [0.2, 0.25) is 0 Å². The van der Waals surface area contributed by atoms with Crippen LogP contribution in [0.25, 0.3) is 0 Å². The van der Waals surface area contributed by atoms with Gasteiger partial charge >= 0.3 is 6.18 Å². The number of halogens is 3. The second-order valence-electron chi connectivity index (χ2n) is 2.16. The summed E-state index contributed by atoms with van der Waals surface area (Å²) in [5.41, 5.74) is 4.95. The lowest BCUT2D eigenvalue weighted by molar-refractivity contribution is -0.202. The largest absolute Gasteiger partial charge is 0.452 e. The Morgan fingerprint density at radius 3 is 2.55 bits per heavy atom. The summed E-state index contributed by atoms with van der Waals surface area (Å²) in [4.78, 5) is 3.47. The number of aliphatic imine (C=N–C) groups is 1. The van der Waals surface area contributed by atoms with Gasteiger partial charge in [-0.2, -0.15) is 13.2 Å². The molecule has 1 aliphatic rings. The Labute approximate surface area is 61.0 Å². The molecule has 0 radical (unpaired) electrons. The number of hydrogen-bond donors (Lipinski definition) is 1. The maximum absolute atomic E-state index is 11.9. The number of rotatable bonds is 0. The average molecular weight is 168 g/mol. The lowest BCUT2D eigenvalue weighted by Crippen LogP contribution is -2.39. The van der Waals surface area contributed by atoms with E-state index < -0.39 is 12.3 Å². The Kier molecular flexibility index (Phi) is 1.92. The van der Waals surface area contributed by atoms with Crippen LogP contribution >= 0.6 is 0 Å². The molecule has 0 aromatic carbocycles. The van der Waals surface area contributed by atoms with Crippen molar-refractivity contribution in [3.63, 3.8) is 0 Å². The lowest BCUT2D eigenvalue weighted by atomic mass is 10.2. The second kappa shape index (κ2) is 2.60. The lowest BCUT2D eigenvalue weighted by Gasteiger charge is -2.23. The van der Waals surface area contributed by atoms with Gasteiger partial charge in [-0.15, -0.1) is 0 Å². The normalized spacial score (nSPS) is 25.7. The summed E-state index contributed by atoms with van der Waals surface area (Å²) in [7, 11) is 0. The molecule has 1 heterocycles. The van der Waals surface area contributed by atoms with Gasteiger partial charge < -0.3 is 10.5 Å². The molecule has 0 aliphatic carbocycles. The highest BCUT2D eigenvalue weighted by atomic mass is 19.4. The maximum atomic E-state index is 11.9. The van der Waals surface area contributed by atoms with E-state index >= 15 is 0 Å². The first-order valence-corrected chi connectivity index (χ1v) is 3.03. The minimum atomic E-state index is -4.33. The summed E-state index contributed by atoms with van der Waals surface area (Å²) in [6.45, 7) is 0.0794. The van der Waals surface area contributed by atoms with Gasteiger partial charge in [0.25, 0.3) is 6.02 Å². The highest BCUT2D eigenvalue weighted by Crippen LogP contribution is 2.26. The molecule has 0 spiro atoms. The molecule has 3 nitrogen and oxygen atoms in total. The van der Waals surface area contributed by atoms with Crippen molar-refractivity contribution in [2.75, 3.05) is 6.54 Å². The fourth-order valence-corrected chi connectivity index (χ4v) is 0.764. The van der Waals surface area contributed by atoms with Gasteiger partial charge in [0.1, 0.15) is 0 Å². The maximum Gasteiger partial charge on any atom is 0.425 e. The highest BCUT2D eigenvalue weighted by Gasteiger charge is 2.42. The van der Waals surface area contributed by atoms with Crippen molar-refractivity contribution in [3.8, 4) is 0 Å². The first kappa shape index (κ1) is 8.16. The van der Waals surface area contributed by atoms with Gasteiger partial charge in [-0.3, -0.25) is 0 Å². The SMILES string of the molecule is NC1=NCCC(C(F)(F)F)O1. The molecule has 0 saturated carbocycles. The summed E-state index contributed by atoms with van der Waals surface area (Å²) < 4.78 is 39.9. The van der Waals surface area contributed by atoms with Crippen molar-refractivity contribution in [2.45, 2.75) is 18.7 Å². The van der Waals surface area contributed by atoms with Gasteiger partial charge in [-0.1, -0.05) is 0 Å². The third-order valence-corrected chi connectivity index (χ3v) is 1.29. The van der Waals surface area contributed by atoms with E-state index in [2.05, 4.69) is 9.73 Å². The standard InChI is InChI=1S/C5H7F3N2O/c6-5(7,8)3-1-2-10-4(9)11-3/h3H,1-2H2,(H2,9,10). The Morgan fingerprint density at radius 2 is 2.18 bits per heavy atom. The van der Waals surface area contributed by atoms with E-state index in [-0.39, 0.29) is 19.0 Å². The summed E-state index contributed by atoms with van der Waals surface area (Å²) in [6.07, 6.45) is -6.26. The summed E-state index contributed by atoms with van der Waals surface area (Å²) >= 11 is 0. The Hall–Kier alpha value is -0.940. The molecule has 6 heteroatoms. The molecule has 1 rings (SSSR count). The van der Waals surface area contributed by atoms with Gasteiger partial charge in [0, 0.05) is 13.0 Å². The molecule has 0 bridgehead atoms.